The van der Waals surface area contributed by atoms with Crippen LogP contribution in [0.25, 0.3) is 6.08 Å². The molecule has 1 unspecified atom stereocenters. The van der Waals surface area contributed by atoms with Gasteiger partial charge in [0, 0.05) is 12.4 Å². The van der Waals surface area contributed by atoms with Crippen molar-refractivity contribution in [1.82, 2.24) is 10.3 Å². The molecule has 3 N–H and O–H groups in total. The van der Waals surface area contributed by atoms with Gasteiger partial charge in [0.1, 0.15) is 11.6 Å². The fraction of sp³-hybridized carbons (Fsp3) is 0.118. The van der Waals surface area contributed by atoms with E-state index in [2.05, 4.69) is 10.3 Å². The van der Waals surface area contributed by atoms with Crippen LogP contribution in [-0.4, -0.2) is 21.1 Å². The molecule has 1 heterocycles. The van der Waals surface area contributed by atoms with E-state index in [9.17, 15) is 15.0 Å². The minimum atomic E-state index is -0.524. The molecule has 23 heavy (non-hydrogen) atoms. The molecule has 1 aromatic carbocycles. The van der Waals surface area contributed by atoms with Gasteiger partial charge in [0.05, 0.1) is 6.04 Å². The molecule has 0 aliphatic rings. The Kier molecular flexibility index (Phi) is 4.95. The number of amides is 1. The molecule has 0 fully saturated rings. The lowest BCUT2D eigenvalue weighted by molar-refractivity contribution is -0.117. The number of hydrogen-bond acceptors (Lipinski definition) is 5. The van der Waals surface area contributed by atoms with Gasteiger partial charge in [-0.15, -0.1) is 0 Å². The maximum Gasteiger partial charge on any atom is 0.262 e. The molecule has 116 valence electrons. The lowest BCUT2D eigenvalue weighted by Crippen LogP contribution is -2.27. The lowest BCUT2D eigenvalue weighted by atomic mass is 10.1. The second-order valence-electron chi connectivity index (χ2n) is 4.89. The SMILES string of the molecule is CC(NC(=O)/C(C#N)=C/c1ccc(O)c(O)c1)c1ccncc1. The van der Waals surface area contributed by atoms with Crippen molar-refractivity contribution in [1.29, 1.82) is 5.26 Å². The quantitative estimate of drug-likeness (QED) is 0.456. The van der Waals surface area contributed by atoms with Crippen molar-refractivity contribution in [3.63, 3.8) is 0 Å². The second-order valence-corrected chi connectivity index (χ2v) is 4.89. The van der Waals surface area contributed by atoms with Crippen LogP contribution in [0.5, 0.6) is 11.5 Å². The third-order valence-electron chi connectivity index (χ3n) is 3.23. The number of pyridine rings is 1. The topological polar surface area (TPSA) is 106 Å². The zero-order valence-electron chi connectivity index (χ0n) is 12.4. The van der Waals surface area contributed by atoms with Crippen LogP contribution >= 0.6 is 0 Å². The van der Waals surface area contributed by atoms with Crippen LogP contribution in [0.3, 0.4) is 0 Å². The minimum Gasteiger partial charge on any atom is -0.504 e. The molecule has 6 heteroatoms. The van der Waals surface area contributed by atoms with Gasteiger partial charge in [0.25, 0.3) is 5.91 Å². The van der Waals surface area contributed by atoms with Gasteiger partial charge in [-0.25, -0.2) is 0 Å². The number of phenolic OH excluding ortho intramolecular Hbond substituents is 2. The molecule has 0 saturated carbocycles. The molecule has 0 aliphatic carbocycles. The van der Waals surface area contributed by atoms with Crippen molar-refractivity contribution in [3.8, 4) is 17.6 Å². The number of phenols is 2. The van der Waals surface area contributed by atoms with Crippen LogP contribution in [0.1, 0.15) is 24.1 Å². The van der Waals surface area contributed by atoms with Gasteiger partial charge in [0.2, 0.25) is 0 Å². The Bertz CT molecular complexity index is 779. The molecule has 0 bridgehead atoms. The van der Waals surface area contributed by atoms with E-state index in [0.717, 1.165) is 5.56 Å². The summed E-state index contributed by atoms with van der Waals surface area (Å²) in [6, 6.07) is 9.15. The van der Waals surface area contributed by atoms with Gasteiger partial charge in [-0.2, -0.15) is 5.26 Å². The normalized spacial score (nSPS) is 12.3. The number of benzene rings is 1. The number of aromatic nitrogens is 1. The van der Waals surface area contributed by atoms with Gasteiger partial charge < -0.3 is 15.5 Å². The van der Waals surface area contributed by atoms with Gasteiger partial charge in [-0.3, -0.25) is 9.78 Å². The Labute approximate surface area is 133 Å². The smallest absolute Gasteiger partial charge is 0.262 e. The summed E-state index contributed by atoms with van der Waals surface area (Å²) in [4.78, 5) is 16.1. The van der Waals surface area contributed by atoms with Gasteiger partial charge in [-0.05, 0) is 48.4 Å². The van der Waals surface area contributed by atoms with Crippen LogP contribution < -0.4 is 5.32 Å². The molecule has 0 spiro atoms. The molecule has 0 aliphatic heterocycles. The molecule has 1 atom stereocenters. The number of nitriles is 1. The molecule has 2 rings (SSSR count). The van der Waals surface area contributed by atoms with Crippen LogP contribution in [0.15, 0.2) is 48.3 Å². The predicted octanol–water partition coefficient (Wildman–Crippen LogP) is 2.28. The fourth-order valence-corrected chi connectivity index (χ4v) is 1.96. The first-order chi connectivity index (χ1) is 11.0. The molecular weight excluding hydrogens is 294 g/mol. The van der Waals surface area contributed by atoms with Crippen molar-refractivity contribution >= 4 is 12.0 Å². The third kappa shape index (κ3) is 4.08. The average Bonchev–Trinajstić information content (AvgIpc) is 2.56. The zero-order valence-corrected chi connectivity index (χ0v) is 12.4. The van der Waals surface area contributed by atoms with E-state index >= 15 is 0 Å². The summed E-state index contributed by atoms with van der Waals surface area (Å²) in [6.07, 6.45) is 4.59. The van der Waals surface area contributed by atoms with E-state index < -0.39 is 5.91 Å². The number of nitrogens with zero attached hydrogens (tertiary/aromatic N) is 2. The first kappa shape index (κ1) is 16.0. The predicted molar refractivity (Wildman–Crippen MR) is 84.2 cm³/mol. The maximum atomic E-state index is 12.2. The fourth-order valence-electron chi connectivity index (χ4n) is 1.96. The monoisotopic (exact) mass is 309 g/mol. The van der Waals surface area contributed by atoms with E-state index in [1.54, 1.807) is 31.5 Å². The number of hydrogen-bond donors (Lipinski definition) is 3. The summed E-state index contributed by atoms with van der Waals surface area (Å²) in [5.74, 6) is -1.11. The third-order valence-corrected chi connectivity index (χ3v) is 3.23. The summed E-state index contributed by atoms with van der Waals surface area (Å²) in [5.41, 5.74) is 1.20. The maximum absolute atomic E-state index is 12.2. The van der Waals surface area contributed by atoms with Crippen molar-refractivity contribution in [2.45, 2.75) is 13.0 Å². The molecule has 1 amide bonds. The number of carbonyl (C=O) groups excluding carboxylic acids is 1. The lowest BCUT2D eigenvalue weighted by Gasteiger charge is -2.13. The van der Waals surface area contributed by atoms with Crippen molar-refractivity contribution in [3.05, 3.63) is 59.4 Å². The second kappa shape index (κ2) is 7.09. The number of aromatic hydroxyl groups is 2. The summed E-state index contributed by atoms with van der Waals surface area (Å²) < 4.78 is 0. The average molecular weight is 309 g/mol. The first-order valence-electron chi connectivity index (χ1n) is 6.86. The number of carbonyl (C=O) groups is 1. The highest BCUT2D eigenvalue weighted by molar-refractivity contribution is 6.01. The summed E-state index contributed by atoms with van der Waals surface area (Å²) in [7, 11) is 0. The Hall–Kier alpha value is -3.33. The van der Waals surface area contributed by atoms with Crippen LogP contribution in [0, 0.1) is 11.3 Å². The largest absolute Gasteiger partial charge is 0.504 e. The van der Waals surface area contributed by atoms with Crippen molar-refractivity contribution in [2.24, 2.45) is 0 Å². The van der Waals surface area contributed by atoms with E-state index in [-0.39, 0.29) is 23.1 Å². The molecule has 6 nitrogen and oxygen atoms in total. The van der Waals surface area contributed by atoms with E-state index in [1.165, 1.54) is 24.3 Å². The van der Waals surface area contributed by atoms with Crippen LogP contribution in [0.2, 0.25) is 0 Å². The Balaban J connectivity index is 2.17. The molecular formula is C17H15N3O3. The highest BCUT2D eigenvalue weighted by Gasteiger charge is 2.14. The molecule has 2 aromatic rings. The van der Waals surface area contributed by atoms with Crippen LogP contribution in [-0.2, 0) is 4.79 Å². The van der Waals surface area contributed by atoms with E-state index in [4.69, 9.17) is 5.26 Å². The van der Waals surface area contributed by atoms with Crippen molar-refractivity contribution < 1.29 is 15.0 Å². The van der Waals surface area contributed by atoms with Gasteiger partial charge in [0.15, 0.2) is 11.5 Å². The minimum absolute atomic E-state index is 0.101. The Morgan fingerprint density at radius 3 is 2.57 bits per heavy atom. The Morgan fingerprint density at radius 2 is 1.96 bits per heavy atom. The number of rotatable bonds is 4. The molecule has 1 aromatic heterocycles. The molecule has 0 saturated heterocycles. The standard InChI is InChI=1S/C17H15N3O3/c1-11(13-4-6-19-7-5-13)20-17(23)14(10-18)8-12-2-3-15(21)16(22)9-12/h2-9,11,21-22H,1H3,(H,20,23)/b14-8+. The summed E-state index contributed by atoms with van der Waals surface area (Å²) in [5, 5.41) is 30.6. The van der Waals surface area contributed by atoms with E-state index in [1.807, 2.05) is 6.07 Å². The summed E-state index contributed by atoms with van der Waals surface area (Å²) in [6.45, 7) is 1.80. The molecule has 0 radical (unpaired) electrons. The van der Waals surface area contributed by atoms with Gasteiger partial charge >= 0.3 is 0 Å². The van der Waals surface area contributed by atoms with Crippen molar-refractivity contribution in [2.75, 3.05) is 0 Å². The Morgan fingerprint density at radius 1 is 1.26 bits per heavy atom. The summed E-state index contributed by atoms with van der Waals surface area (Å²) >= 11 is 0. The van der Waals surface area contributed by atoms with Gasteiger partial charge in [-0.1, -0.05) is 6.07 Å². The zero-order chi connectivity index (χ0) is 16.8. The van der Waals surface area contributed by atoms with E-state index in [0.29, 0.717) is 5.56 Å². The highest BCUT2D eigenvalue weighted by Crippen LogP contribution is 2.26. The highest BCUT2D eigenvalue weighted by atomic mass is 16.3. The number of nitrogens with one attached hydrogen (secondary N) is 1. The first-order valence-corrected chi connectivity index (χ1v) is 6.86. The van der Waals surface area contributed by atoms with Crippen LogP contribution in [0.4, 0.5) is 0 Å².